The van der Waals surface area contributed by atoms with Crippen molar-refractivity contribution in [3.8, 4) is 0 Å². The fraction of sp³-hybridized carbons (Fsp3) is 0.875. The van der Waals surface area contributed by atoms with Crippen LogP contribution >= 0.6 is 11.5 Å². The van der Waals surface area contributed by atoms with Gasteiger partial charge in [-0.25, -0.2) is 0 Å². The fourth-order valence-electron chi connectivity index (χ4n) is 2.37. The Morgan fingerprint density at radius 3 is 2.45 bits per heavy atom. The van der Waals surface area contributed by atoms with E-state index in [2.05, 4.69) is 49.5 Å². The molecule has 0 spiro atoms. The van der Waals surface area contributed by atoms with Crippen LogP contribution < -0.4 is 5.32 Å². The number of hydrogen-bond acceptors (Lipinski definition) is 4. The molecule has 1 aromatic heterocycles. The molecule has 0 aromatic carbocycles. The van der Waals surface area contributed by atoms with E-state index >= 15 is 0 Å². The van der Waals surface area contributed by atoms with Gasteiger partial charge in [0.05, 0.1) is 10.6 Å². The Labute approximate surface area is 128 Å². The van der Waals surface area contributed by atoms with E-state index in [0.29, 0.717) is 6.04 Å². The van der Waals surface area contributed by atoms with E-state index in [4.69, 9.17) is 0 Å². The van der Waals surface area contributed by atoms with Crippen LogP contribution in [0.15, 0.2) is 0 Å². The van der Waals surface area contributed by atoms with Crippen LogP contribution in [0.4, 0.5) is 0 Å². The second-order valence-electron chi connectivity index (χ2n) is 6.59. The highest BCUT2D eigenvalue weighted by Crippen LogP contribution is 2.32. The van der Waals surface area contributed by atoms with Crippen LogP contribution in [-0.2, 0) is 5.41 Å². The number of nitrogens with one attached hydrogen (secondary N) is 1. The molecule has 1 heterocycles. The fourth-order valence-corrected chi connectivity index (χ4v) is 3.34. The summed E-state index contributed by atoms with van der Waals surface area (Å²) in [5.74, 6) is 0. The molecule has 1 unspecified atom stereocenters. The van der Waals surface area contributed by atoms with E-state index in [1.54, 1.807) is 11.5 Å². The Morgan fingerprint density at radius 1 is 1.10 bits per heavy atom. The first-order chi connectivity index (χ1) is 9.50. The van der Waals surface area contributed by atoms with Gasteiger partial charge in [-0.3, -0.25) is 0 Å². The lowest BCUT2D eigenvalue weighted by molar-refractivity contribution is 0.461. The molecule has 0 saturated heterocycles. The maximum absolute atomic E-state index is 4.39. The average Bonchev–Trinajstić information content (AvgIpc) is 2.87. The molecule has 0 aliphatic heterocycles. The molecule has 116 valence electrons. The molecule has 0 aliphatic rings. The van der Waals surface area contributed by atoms with Crippen LogP contribution in [0.2, 0.25) is 0 Å². The standard InChI is InChI=1S/C16H31N3S/c1-6-8-9-10-11-13(17-12-7-2)14-15(16(3,4)5)18-19-20-14/h13,17H,6-12H2,1-5H3. The van der Waals surface area contributed by atoms with Crippen molar-refractivity contribution in [3.63, 3.8) is 0 Å². The summed E-state index contributed by atoms with van der Waals surface area (Å²) in [6.07, 6.45) is 7.63. The first-order valence-electron chi connectivity index (χ1n) is 8.06. The molecule has 0 amide bonds. The Bertz CT molecular complexity index is 368. The van der Waals surface area contributed by atoms with Gasteiger partial charge in [0, 0.05) is 11.5 Å². The quantitative estimate of drug-likeness (QED) is 0.662. The molecular weight excluding hydrogens is 266 g/mol. The lowest BCUT2D eigenvalue weighted by atomic mass is 9.89. The van der Waals surface area contributed by atoms with E-state index < -0.39 is 0 Å². The van der Waals surface area contributed by atoms with Crippen LogP contribution in [-0.4, -0.2) is 16.1 Å². The monoisotopic (exact) mass is 297 g/mol. The second kappa shape index (κ2) is 8.73. The second-order valence-corrected chi connectivity index (χ2v) is 7.38. The average molecular weight is 298 g/mol. The molecule has 0 saturated carbocycles. The largest absolute Gasteiger partial charge is 0.309 e. The molecule has 4 heteroatoms. The van der Waals surface area contributed by atoms with Gasteiger partial charge >= 0.3 is 0 Å². The maximum Gasteiger partial charge on any atom is 0.0857 e. The summed E-state index contributed by atoms with van der Waals surface area (Å²) >= 11 is 1.58. The number of rotatable bonds is 9. The predicted octanol–water partition coefficient (Wildman–Crippen LogP) is 4.85. The highest BCUT2D eigenvalue weighted by Gasteiger charge is 2.26. The zero-order valence-corrected chi connectivity index (χ0v) is 14.6. The smallest absolute Gasteiger partial charge is 0.0857 e. The minimum absolute atomic E-state index is 0.0812. The first kappa shape index (κ1) is 17.6. The molecule has 1 rings (SSSR count). The summed E-state index contributed by atoms with van der Waals surface area (Å²) in [5.41, 5.74) is 1.25. The molecule has 1 N–H and O–H groups in total. The van der Waals surface area contributed by atoms with Crippen molar-refractivity contribution in [1.82, 2.24) is 14.9 Å². The van der Waals surface area contributed by atoms with Gasteiger partial charge in [-0.05, 0) is 30.9 Å². The van der Waals surface area contributed by atoms with Gasteiger partial charge in [0.1, 0.15) is 0 Å². The summed E-state index contributed by atoms with van der Waals surface area (Å²) in [4.78, 5) is 1.35. The zero-order chi connectivity index (χ0) is 15.0. The molecule has 0 aliphatic carbocycles. The van der Waals surface area contributed by atoms with Gasteiger partial charge in [-0.15, -0.1) is 5.10 Å². The van der Waals surface area contributed by atoms with Crippen molar-refractivity contribution in [1.29, 1.82) is 0 Å². The van der Waals surface area contributed by atoms with Crippen LogP contribution in [0.25, 0.3) is 0 Å². The third kappa shape index (κ3) is 5.49. The Kier molecular flexibility index (Phi) is 7.67. The zero-order valence-electron chi connectivity index (χ0n) is 13.8. The SMILES string of the molecule is CCCCCCC(NCCC)c1snnc1C(C)(C)C. The van der Waals surface area contributed by atoms with E-state index in [9.17, 15) is 0 Å². The van der Waals surface area contributed by atoms with E-state index in [0.717, 1.165) is 6.54 Å². The number of unbranched alkanes of at least 4 members (excludes halogenated alkanes) is 3. The summed E-state index contributed by atoms with van der Waals surface area (Å²) in [5, 5.41) is 8.08. The van der Waals surface area contributed by atoms with Crippen molar-refractivity contribution in [3.05, 3.63) is 10.6 Å². The lowest BCUT2D eigenvalue weighted by Gasteiger charge is -2.22. The van der Waals surface area contributed by atoms with Gasteiger partial charge in [0.2, 0.25) is 0 Å². The van der Waals surface area contributed by atoms with E-state index in [-0.39, 0.29) is 5.41 Å². The Morgan fingerprint density at radius 2 is 1.85 bits per heavy atom. The minimum atomic E-state index is 0.0812. The van der Waals surface area contributed by atoms with Gasteiger partial charge in [-0.2, -0.15) is 0 Å². The van der Waals surface area contributed by atoms with Crippen LogP contribution in [0.1, 0.15) is 89.8 Å². The topological polar surface area (TPSA) is 37.8 Å². The van der Waals surface area contributed by atoms with Crippen molar-refractivity contribution in [2.75, 3.05) is 6.54 Å². The predicted molar refractivity (Wildman–Crippen MR) is 88.4 cm³/mol. The summed E-state index contributed by atoms with van der Waals surface area (Å²) in [7, 11) is 0. The van der Waals surface area contributed by atoms with Gasteiger partial charge in [0.25, 0.3) is 0 Å². The summed E-state index contributed by atoms with van der Waals surface area (Å²) in [6, 6.07) is 0.432. The molecule has 1 aromatic rings. The van der Waals surface area contributed by atoms with E-state index in [1.165, 1.54) is 49.1 Å². The molecule has 1 atom stereocenters. The molecular formula is C16H31N3S. The normalized spacial score (nSPS) is 13.7. The highest BCUT2D eigenvalue weighted by atomic mass is 32.1. The number of nitrogens with zero attached hydrogens (tertiary/aromatic N) is 2. The number of aromatic nitrogens is 2. The molecule has 3 nitrogen and oxygen atoms in total. The molecule has 0 fully saturated rings. The van der Waals surface area contributed by atoms with Crippen LogP contribution in [0.5, 0.6) is 0 Å². The van der Waals surface area contributed by atoms with Crippen LogP contribution in [0, 0.1) is 0 Å². The highest BCUT2D eigenvalue weighted by molar-refractivity contribution is 7.05. The van der Waals surface area contributed by atoms with Crippen molar-refractivity contribution >= 4 is 11.5 Å². The summed E-state index contributed by atoms with van der Waals surface area (Å²) < 4.78 is 4.21. The van der Waals surface area contributed by atoms with Gasteiger partial charge in [0.15, 0.2) is 0 Å². The Hall–Kier alpha value is -0.480. The summed E-state index contributed by atoms with van der Waals surface area (Å²) in [6.45, 7) is 12.2. The Balaban J connectivity index is 2.74. The van der Waals surface area contributed by atoms with Gasteiger partial charge < -0.3 is 5.32 Å². The van der Waals surface area contributed by atoms with Crippen molar-refractivity contribution in [2.24, 2.45) is 0 Å². The van der Waals surface area contributed by atoms with Crippen LogP contribution in [0.3, 0.4) is 0 Å². The lowest BCUT2D eigenvalue weighted by Crippen LogP contribution is -2.25. The third-order valence-electron chi connectivity index (χ3n) is 3.53. The van der Waals surface area contributed by atoms with Crippen molar-refractivity contribution in [2.45, 2.75) is 84.6 Å². The minimum Gasteiger partial charge on any atom is -0.309 e. The molecule has 0 bridgehead atoms. The van der Waals surface area contributed by atoms with E-state index in [1.807, 2.05) is 0 Å². The maximum atomic E-state index is 4.39. The first-order valence-corrected chi connectivity index (χ1v) is 8.84. The van der Waals surface area contributed by atoms with Gasteiger partial charge in [-0.1, -0.05) is 64.8 Å². The molecule has 0 radical (unpaired) electrons. The van der Waals surface area contributed by atoms with Crippen molar-refractivity contribution < 1.29 is 0 Å². The third-order valence-corrected chi connectivity index (χ3v) is 4.37. The number of hydrogen-bond donors (Lipinski definition) is 1. The molecule has 20 heavy (non-hydrogen) atoms.